The Kier molecular flexibility index (Phi) is 8.04. The number of rotatable bonds is 10. The van der Waals surface area contributed by atoms with Crippen LogP contribution in [0, 0.1) is 0 Å². The number of hydrogen-bond donors (Lipinski definition) is 2. The summed E-state index contributed by atoms with van der Waals surface area (Å²) in [6, 6.07) is 12.5. The molecule has 0 atom stereocenters. The van der Waals surface area contributed by atoms with Crippen LogP contribution in [0.15, 0.2) is 47.4 Å². The molecule has 0 unspecified atom stereocenters. The number of benzene rings is 2. The van der Waals surface area contributed by atoms with Gasteiger partial charge >= 0.3 is 0 Å². The molecule has 1 aromatic heterocycles. The standard InChI is InChI=1S/C25H33N5O4S/c1-3-30-23-12-11-19(35(32,33)29-14-7-4-8-15-29)17-22(23)28-24(30)18-27-21-10-6-5-9-20(21)25(31)26-13-16-34-2/h5-6,9-12,17,27H,3-4,7-8,13-16,18H2,1-2H3,(H,26,31). The predicted molar refractivity (Wildman–Crippen MR) is 136 cm³/mol. The van der Waals surface area contributed by atoms with E-state index >= 15 is 0 Å². The summed E-state index contributed by atoms with van der Waals surface area (Å²) >= 11 is 0. The lowest BCUT2D eigenvalue weighted by Crippen LogP contribution is -2.35. The second-order valence-corrected chi connectivity index (χ2v) is 10.5. The Morgan fingerprint density at radius 2 is 1.89 bits per heavy atom. The van der Waals surface area contributed by atoms with Crippen molar-refractivity contribution in [2.75, 3.05) is 38.7 Å². The molecule has 2 heterocycles. The summed E-state index contributed by atoms with van der Waals surface area (Å²) in [5.74, 6) is 0.589. The van der Waals surface area contributed by atoms with Gasteiger partial charge in [0.15, 0.2) is 0 Å². The van der Waals surface area contributed by atoms with Crippen LogP contribution in [0.1, 0.15) is 42.4 Å². The lowest BCUT2D eigenvalue weighted by atomic mass is 10.1. The molecule has 0 spiro atoms. The number of aryl methyl sites for hydroxylation is 1. The lowest BCUT2D eigenvalue weighted by Gasteiger charge is -2.25. The number of sulfonamides is 1. The molecule has 1 aliphatic rings. The van der Waals surface area contributed by atoms with Gasteiger partial charge in [-0.05, 0) is 50.1 Å². The fraction of sp³-hybridized carbons (Fsp3) is 0.440. The summed E-state index contributed by atoms with van der Waals surface area (Å²) in [5.41, 5.74) is 2.77. The summed E-state index contributed by atoms with van der Waals surface area (Å²) in [4.78, 5) is 17.6. The topological polar surface area (TPSA) is 106 Å². The number of imidazole rings is 1. The Labute approximate surface area is 206 Å². The molecule has 0 radical (unpaired) electrons. The zero-order chi connectivity index (χ0) is 24.8. The fourth-order valence-electron chi connectivity index (χ4n) is 4.43. The van der Waals surface area contributed by atoms with Crippen LogP contribution < -0.4 is 10.6 Å². The number of nitrogens with one attached hydrogen (secondary N) is 2. The number of para-hydroxylation sites is 1. The number of ether oxygens (including phenoxy) is 1. The lowest BCUT2D eigenvalue weighted by molar-refractivity contribution is 0.0938. The van der Waals surface area contributed by atoms with Gasteiger partial charge in [0.1, 0.15) is 5.82 Å². The van der Waals surface area contributed by atoms with E-state index in [1.54, 1.807) is 29.6 Å². The number of carbonyl (C=O) groups excluding carboxylic acids is 1. The Balaban J connectivity index is 1.56. The van der Waals surface area contributed by atoms with Crippen molar-refractivity contribution in [2.24, 2.45) is 0 Å². The second-order valence-electron chi connectivity index (χ2n) is 8.54. The average molecular weight is 500 g/mol. The molecule has 1 amide bonds. The number of methoxy groups -OCH3 is 1. The van der Waals surface area contributed by atoms with Crippen molar-refractivity contribution in [3.8, 4) is 0 Å². The molecule has 2 N–H and O–H groups in total. The molecule has 3 aromatic rings. The second kappa shape index (κ2) is 11.2. The van der Waals surface area contributed by atoms with E-state index in [1.807, 2.05) is 31.2 Å². The third-order valence-electron chi connectivity index (χ3n) is 6.27. The first kappa shape index (κ1) is 25.2. The van der Waals surface area contributed by atoms with Gasteiger partial charge in [0.2, 0.25) is 10.0 Å². The van der Waals surface area contributed by atoms with Crippen molar-refractivity contribution < 1.29 is 17.9 Å². The minimum atomic E-state index is -3.53. The molecule has 35 heavy (non-hydrogen) atoms. The van der Waals surface area contributed by atoms with Crippen LogP contribution in [0.5, 0.6) is 0 Å². The molecular formula is C25H33N5O4S. The number of anilines is 1. The predicted octanol–water partition coefficient (Wildman–Crippen LogP) is 3.22. The molecule has 1 fully saturated rings. The SMILES string of the molecule is CCn1c(CNc2ccccc2C(=O)NCCOC)nc2cc(S(=O)(=O)N3CCCCC3)ccc21. The van der Waals surface area contributed by atoms with E-state index in [1.165, 1.54) is 0 Å². The third kappa shape index (κ3) is 5.50. The molecule has 4 rings (SSSR count). The summed E-state index contributed by atoms with van der Waals surface area (Å²) in [6.45, 7) is 5.11. The summed E-state index contributed by atoms with van der Waals surface area (Å²) in [7, 11) is -1.94. The van der Waals surface area contributed by atoms with Gasteiger partial charge in [-0.2, -0.15) is 4.31 Å². The van der Waals surface area contributed by atoms with E-state index in [-0.39, 0.29) is 10.8 Å². The van der Waals surface area contributed by atoms with Gasteiger partial charge in [-0.15, -0.1) is 0 Å². The Hall–Kier alpha value is -2.95. The third-order valence-corrected chi connectivity index (χ3v) is 8.16. The van der Waals surface area contributed by atoms with Crippen LogP contribution in [0.3, 0.4) is 0 Å². The van der Waals surface area contributed by atoms with Crippen molar-refractivity contribution in [1.82, 2.24) is 19.2 Å². The van der Waals surface area contributed by atoms with Crippen LogP contribution in [0.4, 0.5) is 5.69 Å². The van der Waals surface area contributed by atoms with Crippen molar-refractivity contribution in [3.05, 3.63) is 53.9 Å². The van der Waals surface area contributed by atoms with Crippen molar-refractivity contribution in [3.63, 3.8) is 0 Å². The number of nitrogens with zero attached hydrogens (tertiary/aromatic N) is 3. The van der Waals surface area contributed by atoms with Gasteiger partial charge in [-0.25, -0.2) is 13.4 Å². The number of carbonyl (C=O) groups is 1. The molecule has 0 saturated carbocycles. The van der Waals surface area contributed by atoms with Gasteiger partial charge in [-0.3, -0.25) is 4.79 Å². The molecule has 1 saturated heterocycles. The van der Waals surface area contributed by atoms with Crippen LogP contribution in [0.2, 0.25) is 0 Å². The molecule has 1 aliphatic heterocycles. The smallest absolute Gasteiger partial charge is 0.253 e. The Bertz CT molecular complexity index is 1280. The molecule has 188 valence electrons. The van der Waals surface area contributed by atoms with Gasteiger partial charge in [0.25, 0.3) is 5.91 Å². The molecular weight excluding hydrogens is 466 g/mol. The highest BCUT2D eigenvalue weighted by Gasteiger charge is 2.26. The molecule has 0 aliphatic carbocycles. The van der Waals surface area contributed by atoms with Crippen LogP contribution in [0.25, 0.3) is 11.0 Å². The number of piperidine rings is 1. The number of amides is 1. The maximum absolute atomic E-state index is 13.1. The van der Waals surface area contributed by atoms with E-state index in [0.717, 1.165) is 30.6 Å². The molecule has 0 bridgehead atoms. The van der Waals surface area contributed by atoms with Crippen LogP contribution in [-0.4, -0.2) is 61.5 Å². The van der Waals surface area contributed by atoms with E-state index in [0.29, 0.717) is 56.1 Å². The zero-order valence-corrected chi connectivity index (χ0v) is 21.1. The molecule has 9 nitrogen and oxygen atoms in total. The zero-order valence-electron chi connectivity index (χ0n) is 20.3. The van der Waals surface area contributed by atoms with Crippen molar-refractivity contribution in [1.29, 1.82) is 0 Å². The Morgan fingerprint density at radius 3 is 2.63 bits per heavy atom. The van der Waals surface area contributed by atoms with E-state index in [2.05, 4.69) is 15.2 Å². The first-order valence-electron chi connectivity index (χ1n) is 12.0. The normalized spacial score (nSPS) is 14.8. The highest BCUT2D eigenvalue weighted by Crippen LogP contribution is 2.25. The monoisotopic (exact) mass is 499 g/mol. The molecule has 10 heteroatoms. The minimum absolute atomic E-state index is 0.179. The first-order chi connectivity index (χ1) is 17.0. The van der Waals surface area contributed by atoms with Crippen LogP contribution >= 0.6 is 0 Å². The van der Waals surface area contributed by atoms with Gasteiger partial charge in [0.05, 0.1) is 34.6 Å². The summed E-state index contributed by atoms with van der Waals surface area (Å²) in [6.07, 6.45) is 2.86. The Morgan fingerprint density at radius 1 is 1.11 bits per heavy atom. The van der Waals surface area contributed by atoms with E-state index < -0.39 is 10.0 Å². The number of fused-ring (bicyclic) bond motifs is 1. The quantitative estimate of drug-likeness (QED) is 0.415. The molecule has 2 aromatic carbocycles. The maximum Gasteiger partial charge on any atom is 0.253 e. The summed E-state index contributed by atoms with van der Waals surface area (Å²) in [5, 5.41) is 6.18. The maximum atomic E-state index is 13.1. The largest absolute Gasteiger partial charge is 0.383 e. The first-order valence-corrected chi connectivity index (χ1v) is 13.5. The highest BCUT2D eigenvalue weighted by molar-refractivity contribution is 7.89. The average Bonchev–Trinajstić information content (AvgIpc) is 3.25. The number of hydrogen-bond acceptors (Lipinski definition) is 6. The van der Waals surface area contributed by atoms with Gasteiger partial charge < -0.3 is 19.9 Å². The van der Waals surface area contributed by atoms with Crippen LogP contribution in [-0.2, 0) is 27.8 Å². The van der Waals surface area contributed by atoms with E-state index in [9.17, 15) is 13.2 Å². The van der Waals surface area contributed by atoms with Crippen molar-refractivity contribution >= 4 is 32.7 Å². The fourth-order valence-corrected chi connectivity index (χ4v) is 5.97. The van der Waals surface area contributed by atoms with Gasteiger partial charge in [0, 0.05) is 39.0 Å². The van der Waals surface area contributed by atoms with E-state index in [4.69, 9.17) is 9.72 Å². The highest BCUT2D eigenvalue weighted by atomic mass is 32.2. The van der Waals surface area contributed by atoms with Gasteiger partial charge in [-0.1, -0.05) is 18.6 Å². The minimum Gasteiger partial charge on any atom is -0.383 e. The summed E-state index contributed by atoms with van der Waals surface area (Å²) < 4.78 is 34.9. The van der Waals surface area contributed by atoms with Crippen molar-refractivity contribution in [2.45, 2.75) is 44.2 Å². The number of aromatic nitrogens is 2.